The number of methoxy groups -OCH3 is 1. The zero-order valence-electron chi connectivity index (χ0n) is 11.2. The molecule has 1 saturated heterocycles. The molecule has 3 nitrogen and oxygen atoms in total. The van der Waals surface area contributed by atoms with Gasteiger partial charge < -0.3 is 15.4 Å². The van der Waals surface area contributed by atoms with Gasteiger partial charge in [0.2, 0.25) is 0 Å². The van der Waals surface area contributed by atoms with Gasteiger partial charge in [-0.3, -0.25) is 0 Å². The molecule has 100 valence electrons. The number of hydrogen-bond donors (Lipinski definition) is 2. The molecule has 2 N–H and O–H groups in total. The second-order valence-electron chi connectivity index (χ2n) is 5.56. The Bertz CT molecular complexity index is 204. The van der Waals surface area contributed by atoms with E-state index in [2.05, 4.69) is 10.6 Å². The smallest absolute Gasteiger partial charge is 0.0587 e. The summed E-state index contributed by atoms with van der Waals surface area (Å²) in [6, 6.07) is 1.48. The second-order valence-corrected chi connectivity index (χ2v) is 5.56. The van der Waals surface area contributed by atoms with E-state index in [0.717, 1.165) is 31.2 Å². The first kappa shape index (κ1) is 13.3. The minimum absolute atomic E-state index is 0.717. The van der Waals surface area contributed by atoms with Crippen LogP contribution >= 0.6 is 0 Å². The highest BCUT2D eigenvalue weighted by Gasteiger charge is 2.31. The Labute approximate surface area is 106 Å². The van der Waals surface area contributed by atoms with Gasteiger partial charge in [0.1, 0.15) is 0 Å². The third-order valence-corrected chi connectivity index (χ3v) is 4.40. The van der Waals surface area contributed by atoms with Gasteiger partial charge in [0.15, 0.2) is 0 Å². The van der Waals surface area contributed by atoms with Crippen LogP contribution in [0.2, 0.25) is 0 Å². The van der Waals surface area contributed by atoms with Gasteiger partial charge in [-0.05, 0) is 38.1 Å². The Kier molecular flexibility index (Phi) is 5.75. The SMILES string of the molecule is COCCNC1CCCCC1C1CCCCN1. The molecule has 3 heteroatoms. The molecule has 2 aliphatic rings. The summed E-state index contributed by atoms with van der Waals surface area (Å²) in [6.07, 6.45) is 9.74. The number of hydrogen-bond acceptors (Lipinski definition) is 3. The highest BCUT2D eigenvalue weighted by molar-refractivity contribution is 4.90. The van der Waals surface area contributed by atoms with E-state index in [9.17, 15) is 0 Å². The van der Waals surface area contributed by atoms with E-state index in [4.69, 9.17) is 4.74 Å². The molecule has 0 aromatic heterocycles. The van der Waals surface area contributed by atoms with E-state index in [0.29, 0.717) is 0 Å². The number of rotatable bonds is 5. The van der Waals surface area contributed by atoms with Gasteiger partial charge in [0.25, 0.3) is 0 Å². The maximum Gasteiger partial charge on any atom is 0.0587 e. The number of ether oxygens (including phenoxy) is 1. The minimum atomic E-state index is 0.717. The van der Waals surface area contributed by atoms with Crippen molar-refractivity contribution in [3.63, 3.8) is 0 Å². The van der Waals surface area contributed by atoms with Crippen molar-refractivity contribution in [1.29, 1.82) is 0 Å². The van der Waals surface area contributed by atoms with Crippen LogP contribution in [0.15, 0.2) is 0 Å². The van der Waals surface area contributed by atoms with Crippen molar-refractivity contribution in [2.45, 2.75) is 57.0 Å². The average molecular weight is 240 g/mol. The van der Waals surface area contributed by atoms with E-state index < -0.39 is 0 Å². The van der Waals surface area contributed by atoms with E-state index in [1.807, 2.05) is 0 Å². The first-order valence-electron chi connectivity index (χ1n) is 7.37. The topological polar surface area (TPSA) is 33.3 Å². The van der Waals surface area contributed by atoms with E-state index in [-0.39, 0.29) is 0 Å². The summed E-state index contributed by atoms with van der Waals surface area (Å²) in [5.41, 5.74) is 0. The first-order valence-corrected chi connectivity index (χ1v) is 7.37. The summed E-state index contributed by atoms with van der Waals surface area (Å²) in [5, 5.41) is 7.44. The predicted molar refractivity (Wildman–Crippen MR) is 71.3 cm³/mol. The molecule has 0 aromatic carbocycles. The van der Waals surface area contributed by atoms with Gasteiger partial charge in [0, 0.05) is 25.7 Å². The molecule has 0 aromatic rings. The van der Waals surface area contributed by atoms with Crippen molar-refractivity contribution in [1.82, 2.24) is 10.6 Å². The lowest BCUT2D eigenvalue weighted by Gasteiger charge is -2.40. The summed E-state index contributed by atoms with van der Waals surface area (Å²) in [4.78, 5) is 0. The van der Waals surface area contributed by atoms with Crippen LogP contribution < -0.4 is 10.6 Å². The molecule has 1 heterocycles. The Balaban J connectivity index is 1.82. The number of nitrogens with one attached hydrogen (secondary N) is 2. The molecule has 0 bridgehead atoms. The largest absolute Gasteiger partial charge is 0.383 e. The lowest BCUT2D eigenvalue weighted by molar-refractivity contribution is 0.157. The molecule has 1 aliphatic heterocycles. The van der Waals surface area contributed by atoms with Crippen LogP contribution in [0.4, 0.5) is 0 Å². The van der Waals surface area contributed by atoms with Crippen molar-refractivity contribution in [2.24, 2.45) is 5.92 Å². The van der Waals surface area contributed by atoms with Crippen LogP contribution in [0.25, 0.3) is 0 Å². The molecular formula is C14H28N2O. The van der Waals surface area contributed by atoms with Crippen LogP contribution in [-0.4, -0.2) is 38.9 Å². The molecule has 2 rings (SSSR count). The molecule has 0 amide bonds. The third kappa shape index (κ3) is 3.94. The monoisotopic (exact) mass is 240 g/mol. The minimum Gasteiger partial charge on any atom is -0.383 e. The zero-order valence-corrected chi connectivity index (χ0v) is 11.2. The summed E-state index contributed by atoms with van der Waals surface area (Å²) >= 11 is 0. The fourth-order valence-electron chi connectivity index (χ4n) is 3.49. The Morgan fingerprint density at radius 3 is 2.71 bits per heavy atom. The third-order valence-electron chi connectivity index (χ3n) is 4.40. The highest BCUT2D eigenvalue weighted by Crippen LogP contribution is 2.30. The number of piperidine rings is 1. The molecular weight excluding hydrogens is 212 g/mol. The standard InChI is InChI=1S/C14H28N2O/c1-17-11-10-16-14-7-3-2-6-12(14)13-8-4-5-9-15-13/h12-16H,2-11H2,1H3. The maximum absolute atomic E-state index is 5.14. The molecule has 1 aliphatic carbocycles. The molecule has 0 radical (unpaired) electrons. The molecule has 1 saturated carbocycles. The summed E-state index contributed by atoms with van der Waals surface area (Å²) in [6.45, 7) is 3.07. The van der Waals surface area contributed by atoms with Crippen LogP contribution in [0.3, 0.4) is 0 Å². The van der Waals surface area contributed by atoms with Crippen LogP contribution in [-0.2, 0) is 4.74 Å². The van der Waals surface area contributed by atoms with E-state index in [1.54, 1.807) is 7.11 Å². The van der Waals surface area contributed by atoms with Crippen LogP contribution in [0.1, 0.15) is 44.9 Å². The Hall–Kier alpha value is -0.120. The van der Waals surface area contributed by atoms with Gasteiger partial charge in [-0.15, -0.1) is 0 Å². The fourth-order valence-corrected chi connectivity index (χ4v) is 3.49. The maximum atomic E-state index is 5.14. The fraction of sp³-hybridized carbons (Fsp3) is 1.00. The quantitative estimate of drug-likeness (QED) is 0.720. The predicted octanol–water partition coefficient (Wildman–Crippen LogP) is 1.92. The Morgan fingerprint density at radius 1 is 1.12 bits per heavy atom. The van der Waals surface area contributed by atoms with Crippen molar-refractivity contribution in [3.8, 4) is 0 Å². The zero-order chi connectivity index (χ0) is 11.9. The van der Waals surface area contributed by atoms with Gasteiger partial charge >= 0.3 is 0 Å². The molecule has 3 atom stereocenters. The highest BCUT2D eigenvalue weighted by atomic mass is 16.5. The van der Waals surface area contributed by atoms with Gasteiger partial charge in [0.05, 0.1) is 6.61 Å². The molecule has 2 fully saturated rings. The molecule has 0 spiro atoms. The van der Waals surface area contributed by atoms with E-state index >= 15 is 0 Å². The summed E-state index contributed by atoms with van der Waals surface area (Å²) < 4.78 is 5.14. The van der Waals surface area contributed by atoms with Crippen molar-refractivity contribution < 1.29 is 4.74 Å². The normalized spacial score (nSPS) is 34.8. The lowest BCUT2D eigenvalue weighted by atomic mass is 9.77. The van der Waals surface area contributed by atoms with Crippen molar-refractivity contribution in [3.05, 3.63) is 0 Å². The van der Waals surface area contributed by atoms with Crippen LogP contribution in [0.5, 0.6) is 0 Å². The molecule has 3 unspecified atom stereocenters. The lowest BCUT2D eigenvalue weighted by Crippen LogP contribution is -2.51. The van der Waals surface area contributed by atoms with Gasteiger partial charge in [-0.2, -0.15) is 0 Å². The second kappa shape index (κ2) is 7.34. The molecule has 17 heavy (non-hydrogen) atoms. The van der Waals surface area contributed by atoms with Crippen LogP contribution in [0, 0.1) is 5.92 Å². The van der Waals surface area contributed by atoms with Gasteiger partial charge in [-0.1, -0.05) is 19.3 Å². The van der Waals surface area contributed by atoms with Crippen molar-refractivity contribution >= 4 is 0 Å². The Morgan fingerprint density at radius 2 is 1.94 bits per heavy atom. The van der Waals surface area contributed by atoms with Gasteiger partial charge in [-0.25, -0.2) is 0 Å². The average Bonchev–Trinajstić information content (AvgIpc) is 2.41. The van der Waals surface area contributed by atoms with Crippen molar-refractivity contribution in [2.75, 3.05) is 26.8 Å². The summed E-state index contributed by atoms with van der Waals surface area (Å²) in [7, 11) is 1.78. The first-order chi connectivity index (χ1) is 8.42. The summed E-state index contributed by atoms with van der Waals surface area (Å²) in [5.74, 6) is 0.848. The van der Waals surface area contributed by atoms with E-state index in [1.165, 1.54) is 51.5 Å².